The zero-order valence-corrected chi connectivity index (χ0v) is 15.8. The number of amides is 2. The molecular weight excluding hydrogens is 372 g/mol. The van der Waals surface area contributed by atoms with Crippen LogP contribution in [0.1, 0.15) is 22.3 Å². The van der Waals surface area contributed by atoms with Crippen LogP contribution in [0.5, 0.6) is 5.75 Å². The average Bonchev–Trinajstić information content (AvgIpc) is 3.32. The van der Waals surface area contributed by atoms with Gasteiger partial charge in [0.25, 0.3) is 5.91 Å². The Morgan fingerprint density at radius 2 is 1.86 bits per heavy atom. The Balaban J connectivity index is 1.57. The fourth-order valence-corrected chi connectivity index (χ4v) is 3.94. The molecule has 0 saturated carbocycles. The van der Waals surface area contributed by atoms with Crippen LogP contribution in [0.2, 0.25) is 0 Å². The number of benzene rings is 2. The lowest BCUT2D eigenvalue weighted by atomic mass is 10.0. The van der Waals surface area contributed by atoms with E-state index in [2.05, 4.69) is 5.32 Å². The summed E-state index contributed by atoms with van der Waals surface area (Å²) in [5, 5.41) is 12.3. The van der Waals surface area contributed by atoms with Gasteiger partial charge in [0.05, 0.1) is 6.10 Å². The van der Waals surface area contributed by atoms with E-state index in [-0.39, 0.29) is 42.5 Å². The maximum absolute atomic E-state index is 13.3. The van der Waals surface area contributed by atoms with Gasteiger partial charge in [-0.05, 0) is 36.2 Å². The second-order valence-corrected chi connectivity index (χ2v) is 7.34. The van der Waals surface area contributed by atoms with Gasteiger partial charge in [-0.15, -0.1) is 0 Å². The van der Waals surface area contributed by atoms with Crippen LogP contribution in [-0.4, -0.2) is 58.9 Å². The van der Waals surface area contributed by atoms with Crippen molar-refractivity contribution >= 4 is 17.6 Å². The Morgan fingerprint density at radius 1 is 1.14 bits per heavy atom. The molecular formula is C22H22N2O5. The van der Waals surface area contributed by atoms with E-state index in [1.165, 1.54) is 17.0 Å². The number of likely N-dealkylation sites (tertiary alicyclic amines) is 1. The molecule has 7 heteroatoms. The molecule has 2 heterocycles. The molecule has 2 amide bonds. The molecule has 2 fully saturated rings. The fourth-order valence-electron chi connectivity index (χ4n) is 3.94. The van der Waals surface area contributed by atoms with Crippen LogP contribution < -0.4 is 5.32 Å². The lowest BCUT2D eigenvalue weighted by Crippen LogP contribution is -2.53. The summed E-state index contributed by atoms with van der Waals surface area (Å²) in [6.07, 6.45) is 0.604. The highest BCUT2D eigenvalue weighted by molar-refractivity contribution is 5.99. The van der Waals surface area contributed by atoms with Crippen LogP contribution in [0, 0.1) is 0 Å². The van der Waals surface area contributed by atoms with Crippen LogP contribution in [0.3, 0.4) is 0 Å². The Kier molecular flexibility index (Phi) is 5.31. The monoisotopic (exact) mass is 394 g/mol. The number of phenols is 1. The first-order valence-electron chi connectivity index (χ1n) is 9.61. The van der Waals surface area contributed by atoms with Gasteiger partial charge in [-0.2, -0.15) is 0 Å². The van der Waals surface area contributed by atoms with Gasteiger partial charge in [0.15, 0.2) is 5.78 Å². The molecule has 0 aromatic heterocycles. The Labute approximate surface area is 168 Å². The van der Waals surface area contributed by atoms with Gasteiger partial charge in [0.2, 0.25) is 5.91 Å². The molecule has 3 atom stereocenters. The van der Waals surface area contributed by atoms with Crippen molar-refractivity contribution in [3.05, 3.63) is 65.7 Å². The van der Waals surface area contributed by atoms with E-state index in [4.69, 9.17) is 4.74 Å². The number of nitrogens with one attached hydrogen (secondary N) is 1. The quantitative estimate of drug-likeness (QED) is 0.797. The normalized spacial score (nSPS) is 21.7. The van der Waals surface area contributed by atoms with E-state index in [1.807, 2.05) is 6.07 Å². The lowest BCUT2D eigenvalue weighted by molar-refractivity contribution is -0.138. The minimum absolute atomic E-state index is 0.0259. The van der Waals surface area contributed by atoms with Crippen molar-refractivity contribution in [2.75, 3.05) is 13.2 Å². The number of aromatic hydroxyl groups is 1. The van der Waals surface area contributed by atoms with Gasteiger partial charge < -0.3 is 20.1 Å². The molecule has 2 aromatic rings. The van der Waals surface area contributed by atoms with Crippen molar-refractivity contribution in [2.24, 2.45) is 0 Å². The molecule has 0 aliphatic carbocycles. The number of phenolic OH excluding ortho intramolecular Hbond substituents is 1. The first-order valence-corrected chi connectivity index (χ1v) is 9.61. The van der Waals surface area contributed by atoms with E-state index in [1.54, 1.807) is 36.4 Å². The smallest absolute Gasteiger partial charge is 0.251 e. The molecule has 2 aliphatic heterocycles. The molecule has 7 nitrogen and oxygen atoms in total. The zero-order chi connectivity index (χ0) is 20.4. The standard InChI is InChI=1S/C22H22N2O5/c25-16-8-6-14(7-9-16)12-17(23-21(27)15-4-2-1-3-5-15)22(28)24-11-10-19-20(24)18(26)13-29-19/h1-9,17,19-20,25H,10-13H2,(H,23,27)/t17?,19-,20?/m0/s1. The van der Waals surface area contributed by atoms with Crippen molar-refractivity contribution in [2.45, 2.75) is 31.0 Å². The predicted octanol–water partition coefficient (Wildman–Crippen LogP) is 1.30. The molecule has 2 N–H and O–H groups in total. The molecule has 29 heavy (non-hydrogen) atoms. The predicted molar refractivity (Wildman–Crippen MR) is 104 cm³/mol. The molecule has 0 spiro atoms. The molecule has 0 bridgehead atoms. The third kappa shape index (κ3) is 4.00. The van der Waals surface area contributed by atoms with Crippen molar-refractivity contribution in [1.82, 2.24) is 10.2 Å². The minimum atomic E-state index is -0.834. The van der Waals surface area contributed by atoms with E-state index in [0.29, 0.717) is 18.5 Å². The summed E-state index contributed by atoms with van der Waals surface area (Å²) < 4.78 is 5.47. The summed E-state index contributed by atoms with van der Waals surface area (Å²) in [7, 11) is 0. The van der Waals surface area contributed by atoms with Gasteiger partial charge >= 0.3 is 0 Å². The number of Topliss-reactive ketones (excluding diaryl/α,β-unsaturated/α-hetero) is 1. The van der Waals surface area contributed by atoms with Crippen LogP contribution in [0.25, 0.3) is 0 Å². The molecule has 2 saturated heterocycles. The number of fused-ring (bicyclic) bond motifs is 1. The highest BCUT2D eigenvalue weighted by atomic mass is 16.5. The fraction of sp³-hybridized carbons (Fsp3) is 0.318. The third-order valence-electron chi connectivity index (χ3n) is 5.41. The largest absolute Gasteiger partial charge is 0.508 e. The van der Waals surface area contributed by atoms with Crippen molar-refractivity contribution in [3.8, 4) is 5.75 Å². The highest BCUT2D eigenvalue weighted by Gasteiger charge is 2.48. The minimum Gasteiger partial charge on any atom is -0.508 e. The Morgan fingerprint density at radius 3 is 2.59 bits per heavy atom. The molecule has 2 unspecified atom stereocenters. The van der Waals surface area contributed by atoms with Gasteiger partial charge in [-0.1, -0.05) is 30.3 Å². The number of ketones is 1. The summed E-state index contributed by atoms with van der Waals surface area (Å²) >= 11 is 0. The van der Waals surface area contributed by atoms with E-state index in [9.17, 15) is 19.5 Å². The number of ether oxygens (including phenoxy) is 1. The van der Waals surface area contributed by atoms with Gasteiger partial charge in [-0.25, -0.2) is 0 Å². The Bertz CT molecular complexity index is 913. The summed E-state index contributed by atoms with van der Waals surface area (Å²) in [6, 6.07) is 13.8. The van der Waals surface area contributed by atoms with Crippen LogP contribution >= 0.6 is 0 Å². The summed E-state index contributed by atoms with van der Waals surface area (Å²) in [4.78, 5) is 39.8. The second-order valence-electron chi connectivity index (χ2n) is 7.34. The van der Waals surface area contributed by atoms with Crippen molar-refractivity contribution in [1.29, 1.82) is 0 Å². The maximum Gasteiger partial charge on any atom is 0.251 e. The number of carbonyl (C=O) groups excluding carboxylic acids is 3. The van der Waals surface area contributed by atoms with Gasteiger partial charge in [0.1, 0.15) is 24.4 Å². The number of hydrogen-bond acceptors (Lipinski definition) is 5. The lowest BCUT2D eigenvalue weighted by Gasteiger charge is -2.27. The van der Waals surface area contributed by atoms with E-state index < -0.39 is 12.1 Å². The SMILES string of the molecule is O=C(NC(Cc1ccc(O)cc1)C(=O)N1CC[C@@H]2OCC(=O)C21)c1ccccc1. The summed E-state index contributed by atoms with van der Waals surface area (Å²) in [6.45, 7) is 0.450. The van der Waals surface area contributed by atoms with Crippen LogP contribution in [0.4, 0.5) is 0 Å². The summed E-state index contributed by atoms with van der Waals surface area (Å²) in [5.41, 5.74) is 1.25. The van der Waals surface area contributed by atoms with Crippen molar-refractivity contribution in [3.63, 3.8) is 0 Å². The van der Waals surface area contributed by atoms with Crippen molar-refractivity contribution < 1.29 is 24.2 Å². The molecule has 0 radical (unpaired) electrons. The maximum atomic E-state index is 13.3. The van der Waals surface area contributed by atoms with Gasteiger partial charge in [-0.3, -0.25) is 14.4 Å². The first-order chi connectivity index (χ1) is 14.0. The molecule has 2 aromatic carbocycles. The van der Waals surface area contributed by atoms with E-state index in [0.717, 1.165) is 5.56 Å². The Hall–Kier alpha value is -3.19. The highest BCUT2D eigenvalue weighted by Crippen LogP contribution is 2.28. The molecule has 150 valence electrons. The number of hydrogen-bond donors (Lipinski definition) is 2. The molecule has 2 aliphatic rings. The second kappa shape index (κ2) is 8.05. The summed E-state index contributed by atoms with van der Waals surface area (Å²) in [5.74, 6) is -0.624. The third-order valence-corrected chi connectivity index (χ3v) is 5.41. The van der Waals surface area contributed by atoms with Crippen LogP contribution in [-0.2, 0) is 20.7 Å². The number of carbonyl (C=O) groups is 3. The molecule has 4 rings (SSSR count). The topological polar surface area (TPSA) is 95.9 Å². The van der Waals surface area contributed by atoms with Crippen LogP contribution in [0.15, 0.2) is 54.6 Å². The zero-order valence-electron chi connectivity index (χ0n) is 15.8. The first kappa shape index (κ1) is 19.1. The van der Waals surface area contributed by atoms with Gasteiger partial charge in [0, 0.05) is 18.5 Å². The number of rotatable bonds is 5. The average molecular weight is 394 g/mol. The van der Waals surface area contributed by atoms with E-state index >= 15 is 0 Å². The number of nitrogens with zero attached hydrogens (tertiary/aromatic N) is 1.